The molecule has 0 saturated carbocycles. The number of thioether (sulfide) groups is 1. The van der Waals surface area contributed by atoms with Gasteiger partial charge in [-0.25, -0.2) is 4.79 Å². The molecule has 1 rings (SSSR count). The Balaban J connectivity index is 2.58. The van der Waals surface area contributed by atoms with Crippen molar-refractivity contribution in [3.05, 3.63) is 23.7 Å². The second kappa shape index (κ2) is 5.72. The van der Waals surface area contributed by atoms with Crippen LogP contribution < -0.4 is 5.73 Å². The molecule has 0 atom stereocenters. The van der Waals surface area contributed by atoms with Crippen LogP contribution in [0.5, 0.6) is 0 Å². The monoisotopic (exact) mass is 215 g/mol. The van der Waals surface area contributed by atoms with Crippen LogP contribution >= 0.6 is 11.8 Å². The summed E-state index contributed by atoms with van der Waals surface area (Å²) in [6, 6.07) is 1.77. The van der Waals surface area contributed by atoms with Gasteiger partial charge in [-0.2, -0.15) is 11.8 Å². The fourth-order valence-corrected chi connectivity index (χ4v) is 1.74. The predicted octanol–water partition coefficient (Wildman–Crippen LogP) is 1.26. The molecule has 0 aliphatic carbocycles. The van der Waals surface area contributed by atoms with Gasteiger partial charge >= 0.3 is 5.97 Å². The van der Waals surface area contributed by atoms with E-state index in [1.54, 1.807) is 17.8 Å². The van der Waals surface area contributed by atoms with Crippen molar-refractivity contribution in [1.29, 1.82) is 0 Å². The zero-order valence-electron chi connectivity index (χ0n) is 7.99. The molecule has 0 bridgehead atoms. The minimum Gasteiger partial charge on any atom is -0.463 e. The summed E-state index contributed by atoms with van der Waals surface area (Å²) in [7, 11) is 1.33. The average Bonchev–Trinajstić information content (AvgIpc) is 2.65. The molecule has 0 radical (unpaired) electrons. The van der Waals surface area contributed by atoms with Gasteiger partial charge in [-0.3, -0.25) is 0 Å². The van der Waals surface area contributed by atoms with E-state index < -0.39 is 5.97 Å². The number of carbonyl (C=O) groups is 1. The molecule has 5 heteroatoms. The van der Waals surface area contributed by atoms with Gasteiger partial charge in [0.15, 0.2) is 0 Å². The van der Waals surface area contributed by atoms with Gasteiger partial charge in [-0.05, 0) is 6.07 Å². The quantitative estimate of drug-likeness (QED) is 0.591. The largest absolute Gasteiger partial charge is 0.463 e. The number of nitrogens with two attached hydrogens (primary N) is 1. The highest BCUT2D eigenvalue weighted by Gasteiger charge is 2.14. The number of furan rings is 1. The minimum absolute atomic E-state index is 0.289. The van der Waals surface area contributed by atoms with Gasteiger partial charge in [-0.1, -0.05) is 0 Å². The van der Waals surface area contributed by atoms with Crippen LogP contribution in [0.4, 0.5) is 0 Å². The van der Waals surface area contributed by atoms with Crippen LogP contribution in [0, 0.1) is 0 Å². The van der Waals surface area contributed by atoms with Crippen molar-refractivity contribution in [2.75, 3.05) is 19.4 Å². The van der Waals surface area contributed by atoms with Crippen molar-refractivity contribution in [3.63, 3.8) is 0 Å². The van der Waals surface area contributed by atoms with Crippen molar-refractivity contribution in [3.8, 4) is 0 Å². The summed E-state index contributed by atoms with van der Waals surface area (Å²) in [6.07, 6.45) is 1.49. The highest BCUT2D eigenvalue weighted by Crippen LogP contribution is 2.18. The number of ether oxygens (including phenoxy) is 1. The van der Waals surface area contributed by atoms with Crippen LogP contribution in [0.2, 0.25) is 0 Å². The van der Waals surface area contributed by atoms with E-state index in [2.05, 4.69) is 4.74 Å². The molecule has 4 nitrogen and oxygen atoms in total. The first kappa shape index (κ1) is 11.1. The lowest BCUT2D eigenvalue weighted by Gasteiger charge is -2.00. The van der Waals surface area contributed by atoms with E-state index in [0.717, 1.165) is 17.1 Å². The smallest absolute Gasteiger partial charge is 0.374 e. The Hall–Kier alpha value is -0.940. The Labute approximate surface area is 86.8 Å². The molecule has 1 heterocycles. The van der Waals surface area contributed by atoms with E-state index in [9.17, 15) is 4.79 Å². The van der Waals surface area contributed by atoms with Crippen molar-refractivity contribution < 1.29 is 13.9 Å². The summed E-state index contributed by atoms with van der Waals surface area (Å²) in [5.74, 6) is 1.44. The second-order valence-corrected chi connectivity index (χ2v) is 3.71. The van der Waals surface area contributed by atoms with Crippen LogP contribution in [-0.2, 0) is 10.5 Å². The van der Waals surface area contributed by atoms with Crippen molar-refractivity contribution >= 4 is 17.7 Å². The van der Waals surface area contributed by atoms with E-state index in [-0.39, 0.29) is 5.76 Å². The summed E-state index contributed by atoms with van der Waals surface area (Å²) in [4.78, 5) is 11.2. The summed E-state index contributed by atoms with van der Waals surface area (Å²) in [6.45, 7) is 0.635. The first-order valence-electron chi connectivity index (χ1n) is 4.22. The lowest BCUT2D eigenvalue weighted by Crippen LogP contribution is -2.04. The van der Waals surface area contributed by atoms with Gasteiger partial charge in [0.05, 0.1) is 13.4 Å². The topological polar surface area (TPSA) is 65.5 Å². The number of carbonyl (C=O) groups excluding carboxylic acids is 1. The molecule has 0 amide bonds. The summed E-state index contributed by atoms with van der Waals surface area (Å²) < 4.78 is 9.60. The van der Waals surface area contributed by atoms with Crippen molar-refractivity contribution in [1.82, 2.24) is 0 Å². The first-order chi connectivity index (χ1) is 6.79. The van der Waals surface area contributed by atoms with E-state index in [0.29, 0.717) is 6.54 Å². The Morgan fingerprint density at radius 3 is 3.14 bits per heavy atom. The molecule has 0 fully saturated rings. The maximum atomic E-state index is 11.2. The Morgan fingerprint density at radius 1 is 1.71 bits per heavy atom. The summed E-state index contributed by atoms with van der Waals surface area (Å²) >= 11 is 1.66. The number of esters is 1. The standard InChI is InChI=1S/C9H13NO3S/c1-12-9(11)8-7(2-4-13-8)6-14-5-3-10/h2,4H,3,5-6,10H2,1H3. The molecule has 1 aromatic heterocycles. The van der Waals surface area contributed by atoms with Crippen LogP contribution in [0.15, 0.2) is 16.7 Å². The average molecular weight is 215 g/mol. The predicted molar refractivity (Wildman–Crippen MR) is 55.3 cm³/mol. The van der Waals surface area contributed by atoms with Gasteiger partial charge in [0.2, 0.25) is 5.76 Å². The van der Waals surface area contributed by atoms with Crippen LogP contribution in [-0.4, -0.2) is 25.4 Å². The lowest BCUT2D eigenvalue weighted by atomic mass is 10.3. The molecular weight excluding hydrogens is 202 g/mol. The van der Waals surface area contributed by atoms with Crippen LogP contribution in [0.25, 0.3) is 0 Å². The van der Waals surface area contributed by atoms with Crippen molar-refractivity contribution in [2.24, 2.45) is 5.73 Å². The number of rotatable bonds is 5. The van der Waals surface area contributed by atoms with Crippen LogP contribution in [0.1, 0.15) is 16.1 Å². The molecule has 1 aromatic rings. The SMILES string of the molecule is COC(=O)c1occc1CSCCN. The molecule has 0 unspecified atom stereocenters. The summed E-state index contributed by atoms with van der Waals surface area (Å²) in [5.41, 5.74) is 6.21. The third-order valence-corrected chi connectivity index (χ3v) is 2.68. The van der Waals surface area contributed by atoms with Gasteiger partial charge in [0.1, 0.15) is 0 Å². The fraction of sp³-hybridized carbons (Fsp3) is 0.444. The van der Waals surface area contributed by atoms with Crippen molar-refractivity contribution in [2.45, 2.75) is 5.75 Å². The highest BCUT2D eigenvalue weighted by atomic mass is 32.2. The fourth-order valence-electron chi connectivity index (χ4n) is 0.987. The number of hydrogen-bond donors (Lipinski definition) is 1. The molecule has 14 heavy (non-hydrogen) atoms. The maximum absolute atomic E-state index is 11.2. The molecule has 78 valence electrons. The molecule has 2 N–H and O–H groups in total. The maximum Gasteiger partial charge on any atom is 0.374 e. The van der Waals surface area contributed by atoms with Gasteiger partial charge in [0, 0.05) is 23.6 Å². The third-order valence-electron chi connectivity index (χ3n) is 1.64. The van der Waals surface area contributed by atoms with E-state index in [1.165, 1.54) is 13.4 Å². The van der Waals surface area contributed by atoms with Gasteiger partial charge in [0.25, 0.3) is 0 Å². The zero-order chi connectivity index (χ0) is 10.4. The van der Waals surface area contributed by atoms with E-state index in [1.807, 2.05) is 0 Å². The van der Waals surface area contributed by atoms with Crippen LogP contribution in [0.3, 0.4) is 0 Å². The normalized spacial score (nSPS) is 10.1. The third kappa shape index (κ3) is 2.78. The second-order valence-electron chi connectivity index (χ2n) is 2.61. The number of hydrogen-bond acceptors (Lipinski definition) is 5. The first-order valence-corrected chi connectivity index (χ1v) is 5.37. The summed E-state index contributed by atoms with van der Waals surface area (Å²) in [5, 5.41) is 0. The molecule has 0 saturated heterocycles. The molecule has 0 aliphatic rings. The lowest BCUT2D eigenvalue weighted by molar-refractivity contribution is 0.0564. The minimum atomic E-state index is -0.432. The molecule has 0 aromatic carbocycles. The van der Waals surface area contributed by atoms with Gasteiger partial charge < -0.3 is 14.9 Å². The highest BCUT2D eigenvalue weighted by molar-refractivity contribution is 7.98. The number of methoxy groups -OCH3 is 1. The van der Waals surface area contributed by atoms with E-state index in [4.69, 9.17) is 10.2 Å². The zero-order valence-corrected chi connectivity index (χ0v) is 8.80. The molecule has 0 aliphatic heterocycles. The Bertz CT molecular complexity index is 298. The van der Waals surface area contributed by atoms with E-state index >= 15 is 0 Å². The Morgan fingerprint density at radius 2 is 2.50 bits per heavy atom. The van der Waals surface area contributed by atoms with Gasteiger partial charge in [-0.15, -0.1) is 0 Å². The Kier molecular flexibility index (Phi) is 4.55. The molecule has 0 spiro atoms. The molecular formula is C9H13NO3S.